The predicted molar refractivity (Wildman–Crippen MR) is 99.2 cm³/mol. The molecular formula is C19H22N2O4S. The summed E-state index contributed by atoms with van der Waals surface area (Å²) < 4.78 is 4.89. The number of nitrogens with zero attached hydrogens (tertiary/aromatic N) is 1. The number of rotatable bonds is 5. The van der Waals surface area contributed by atoms with Crippen molar-refractivity contribution in [3.05, 3.63) is 46.5 Å². The molecule has 1 N–H and O–H groups in total. The lowest BCUT2D eigenvalue weighted by atomic mass is 9.88. The molecule has 0 radical (unpaired) electrons. The van der Waals surface area contributed by atoms with E-state index in [0.29, 0.717) is 5.03 Å². The SMILES string of the molecule is CCOC(=O)/C=C1\SCC(=O)N1CC(=O)N[C@@H]1CCCc2ccccc21. The Kier molecular flexibility index (Phi) is 5.98. The van der Waals surface area contributed by atoms with Gasteiger partial charge in [-0.25, -0.2) is 4.79 Å². The van der Waals surface area contributed by atoms with Gasteiger partial charge in [0.25, 0.3) is 0 Å². The van der Waals surface area contributed by atoms with E-state index in [1.165, 1.54) is 28.3 Å². The van der Waals surface area contributed by atoms with Crippen LogP contribution in [-0.4, -0.2) is 41.6 Å². The molecule has 0 spiro atoms. The van der Waals surface area contributed by atoms with E-state index in [1.807, 2.05) is 18.2 Å². The summed E-state index contributed by atoms with van der Waals surface area (Å²) >= 11 is 1.25. The molecule has 138 valence electrons. The molecule has 2 aliphatic rings. The van der Waals surface area contributed by atoms with Gasteiger partial charge in [0.1, 0.15) is 6.54 Å². The quantitative estimate of drug-likeness (QED) is 0.631. The van der Waals surface area contributed by atoms with E-state index in [1.54, 1.807) is 6.92 Å². The van der Waals surface area contributed by atoms with E-state index >= 15 is 0 Å². The minimum atomic E-state index is -0.503. The number of fused-ring (bicyclic) bond motifs is 1. The number of esters is 1. The van der Waals surface area contributed by atoms with Crippen molar-refractivity contribution in [2.24, 2.45) is 0 Å². The Labute approximate surface area is 157 Å². The van der Waals surface area contributed by atoms with E-state index in [9.17, 15) is 14.4 Å². The Bertz CT molecular complexity index is 747. The molecule has 1 aromatic carbocycles. The van der Waals surface area contributed by atoms with E-state index < -0.39 is 5.97 Å². The average molecular weight is 374 g/mol. The van der Waals surface area contributed by atoms with E-state index in [2.05, 4.69) is 11.4 Å². The first-order valence-corrected chi connectivity index (χ1v) is 9.76. The standard InChI is InChI=1S/C19H22N2O4S/c1-2-25-19(24)10-18-21(17(23)12-26-18)11-16(22)20-15-9-5-7-13-6-3-4-8-14(13)15/h3-4,6,8,10,15H,2,5,7,9,11-12H2,1H3,(H,20,22)/b18-10-/t15-/m1/s1. The van der Waals surface area contributed by atoms with Crippen LogP contribution in [0.5, 0.6) is 0 Å². The van der Waals surface area contributed by atoms with Gasteiger partial charge in [0, 0.05) is 0 Å². The van der Waals surface area contributed by atoms with Gasteiger partial charge in [0.15, 0.2) is 0 Å². The monoisotopic (exact) mass is 374 g/mol. The summed E-state index contributed by atoms with van der Waals surface area (Å²) in [7, 11) is 0. The second-order valence-electron chi connectivity index (χ2n) is 6.21. The van der Waals surface area contributed by atoms with Crippen molar-refractivity contribution < 1.29 is 19.1 Å². The van der Waals surface area contributed by atoms with Gasteiger partial charge in [-0.05, 0) is 37.3 Å². The molecule has 2 amide bonds. The van der Waals surface area contributed by atoms with Crippen LogP contribution in [-0.2, 0) is 25.5 Å². The molecule has 1 fully saturated rings. The molecule has 7 heteroatoms. The van der Waals surface area contributed by atoms with Crippen LogP contribution in [0.4, 0.5) is 0 Å². The third kappa shape index (κ3) is 4.27. The topological polar surface area (TPSA) is 75.7 Å². The van der Waals surface area contributed by atoms with Crippen LogP contribution in [0.15, 0.2) is 35.4 Å². The van der Waals surface area contributed by atoms with Crippen molar-refractivity contribution in [1.29, 1.82) is 0 Å². The third-order valence-electron chi connectivity index (χ3n) is 4.44. The van der Waals surface area contributed by atoms with Crippen molar-refractivity contribution in [2.45, 2.75) is 32.2 Å². The zero-order valence-corrected chi connectivity index (χ0v) is 15.5. The lowest BCUT2D eigenvalue weighted by molar-refractivity contribution is -0.137. The molecular weight excluding hydrogens is 352 g/mol. The fourth-order valence-corrected chi connectivity index (χ4v) is 4.20. The number of carbonyl (C=O) groups is 3. The summed E-state index contributed by atoms with van der Waals surface area (Å²) in [5, 5.41) is 3.50. The highest BCUT2D eigenvalue weighted by Gasteiger charge is 2.30. The number of thioether (sulfide) groups is 1. The second-order valence-corrected chi connectivity index (χ2v) is 7.21. The number of amides is 2. The zero-order chi connectivity index (χ0) is 18.5. The van der Waals surface area contributed by atoms with Gasteiger partial charge in [-0.3, -0.25) is 14.5 Å². The molecule has 3 rings (SSSR count). The minimum Gasteiger partial charge on any atom is -0.463 e. The smallest absolute Gasteiger partial charge is 0.333 e. The maximum absolute atomic E-state index is 12.5. The first kappa shape index (κ1) is 18.5. The van der Waals surface area contributed by atoms with Crippen LogP contribution in [0.2, 0.25) is 0 Å². The summed E-state index contributed by atoms with van der Waals surface area (Å²) in [6, 6.07) is 8.09. The molecule has 0 saturated carbocycles. The van der Waals surface area contributed by atoms with Gasteiger partial charge < -0.3 is 10.1 Å². The maximum atomic E-state index is 12.5. The van der Waals surface area contributed by atoms with E-state index in [0.717, 1.165) is 24.8 Å². The number of hydrogen-bond donors (Lipinski definition) is 1. The molecule has 1 aliphatic heterocycles. The van der Waals surface area contributed by atoms with E-state index in [-0.39, 0.29) is 36.8 Å². The number of nitrogens with one attached hydrogen (secondary N) is 1. The first-order valence-electron chi connectivity index (χ1n) is 8.77. The highest BCUT2D eigenvalue weighted by Crippen LogP contribution is 2.31. The van der Waals surface area contributed by atoms with Gasteiger partial charge in [0.05, 0.1) is 29.5 Å². The first-order chi connectivity index (χ1) is 12.6. The zero-order valence-electron chi connectivity index (χ0n) is 14.7. The minimum absolute atomic E-state index is 0.0321. The normalized spacial score (nSPS) is 20.8. The summed E-state index contributed by atoms with van der Waals surface area (Å²) in [5.74, 6) is -0.677. The fraction of sp³-hybridized carbons (Fsp3) is 0.421. The van der Waals surface area contributed by atoms with Crippen molar-refractivity contribution in [1.82, 2.24) is 10.2 Å². The Morgan fingerprint density at radius 1 is 1.38 bits per heavy atom. The Morgan fingerprint density at radius 2 is 2.19 bits per heavy atom. The van der Waals surface area contributed by atoms with E-state index in [4.69, 9.17) is 4.74 Å². The van der Waals surface area contributed by atoms with Gasteiger partial charge in [-0.2, -0.15) is 0 Å². The molecule has 0 unspecified atom stereocenters. The summed E-state index contributed by atoms with van der Waals surface area (Å²) in [5.41, 5.74) is 2.41. The fourth-order valence-electron chi connectivity index (χ4n) is 3.27. The molecule has 1 saturated heterocycles. The Morgan fingerprint density at radius 3 is 3.00 bits per heavy atom. The van der Waals surface area contributed by atoms with Gasteiger partial charge >= 0.3 is 5.97 Å². The largest absolute Gasteiger partial charge is 0.463 e. The maximum Gasteiger partial charge on any atom is 0.333 e. The van der Waals surface area contributed by atoms with Crippen molar-refractivity contribution >= 4 is 29.5 Å². The van der Waals surface area contributed by atoms with Crippen molar-refractivity contribution in [3.63, 3.8) is 0 Å². The van der Waals surface area contributed by atoms with Gasteiger partial charge in [-0.1, -0.05) is 36.0 Å². The molecule has 6 nitrogen and oxygen atoms in total. The Balaban J connectivity index is 1.66. The van der Waals surface area contributed by atoms with Crippen LogP contribution in [0.25, 0.3) is 0 Å². The van der Waals surface area contributed by atoms with Crippen LogP contribution in [0.1, 0.15) is 36.9 Å². The number of benzene rings is 1. The summed E-state index contributed by atoms with van der Waals surface area (Å²) in [4.78, 5) is 37.6. The third-order valence-corrected chi connectivity index (χ3v) is 5.47. The Hall–Kier alpha value is -2.28. The van der Waals surface area contributed by atoms with Crippen LogP contribution < -0.4 is 5.32 Å². The van der Waals surface area contributed by atoms with Crippen LogP contribution in [0, 0.1) is 0 Å². The summed E-state index contributed by atoms with van der Waals surface area (Å²) in [6.07, 6.45) is 4.21. The lowest BCUT2D eigenvalue weighted by Gasteiger charge is -2.27. The van der Waals surface area contributed by atoms with Crippen LogP contribution >= 0.6 is 11.8 Å². The molecule has 1 aliphatic carbocycles. The highest BCUT2D eigenvalue weighted by atomic mass is 32.2. The molecule has 0 aromatic heterocycles. The molecule has 0 bridgehead atoms. The predicted octanol–water partition coefficient (Wildman–Crippen LogP) is 2.16. The van der Waals surface area contributed by atoms with Gasteiger partial charge in [-0.15, -0.1) is 0 Å². The van der Waals surface area contributed by atoms with Gasteiger partial charge in [0.2, 0.25) is 11.8 Å². The lowest BCUT2D eigenvalue weighted by Crippen LogP contribution is -2.40. The molecule has 1 atom stereocenters. The average Bonchev–Trinajstić information content (AvgIpc) is 2.95. The highest BCUT2D eigenvalue weighted by molar-refractivity contribution is 8.04. The molecule has 1 aromatic rings. The molecule has 1 heterocycles. The van der Waals surface area contributed by atoms with Crippen molar-refractivity contribution in [2.75, 3.05) is 18.9 Å². The molecule has 26 heavy (non-hydrogen) atoms. The summed E-state index contributed by atoms with van der Waals surface area (Å²) in [6.45, 7) is 1.90. The van der Waals surface area contributed by atoms with Crippen molar-refractivity contribution in [3.8, 4) is 0 Å². The van der Waals surface area contributed by atoms with Crippen LogP contribution in [0.3, 0.4) is 0 Å². The second kappa shape index (κ2) is 8.40. The number of hydrogen-bond acceptors (Lipinski definition) is 5. The number of ether oxygens (including phenoxy) is 1. The number of carbonyl (C=O) groups excluding carboxylic acids is 3. The number of aryl methyl sites for hydroxylation is 1.